The van der Waals surface area contributed by atoms with Crippen molar-refractivity contribution >= 4 is 23.3 Å². The summed E-state index contributed by atoms with van der Waals surface area (Å²) in [6, 6.07) is 2.19. The fourth-order valence-electron chi connectivity index (χ4n) is 3.18. The molecule has 1 saturated carbocycles. The van der Waals surface area contributed by atoms with Crippen molar-refractivity contribution in [3.63, 3.8) is 0 Å². The second-order valence-corrected chi connectivity index (χ2v) is 6.29. The van der Waals surface area contributed by atoms with Crippen molar-refractivity contribution in [2.24, 2.45) is 0 Å². The average Bonchev–Trinajstić information content (AvgIpc) is 3.23. The number of piperazine rings is 1. The third kappa shape index (κ3) is 2.14. The van der Waals surface area contributed by atoms with E-state index in [1.807, 2.05) is 11.0 Å². The zero-order valence-corrected chi connectivity index (χ0v) is 12.0. The quantitative estimate of drug-likeness (QED) is 0.780. The van der Waals surface area contributed by atoms with Crippen LogP contribution in [0.2, 0.25) is 5.15 Å². The van der Waals surface area contributed by atoms with Crippen molar-refractivity contribution in [1.82, 2.24) is 14.9 Å². The Bertz CT molecular complexity index is 560. The van der Waals surface area contributed by atoms with Gasteiger partial charge in [-0.05, 0) is 19.3 Å². The van der Waals surface area contributed by atoms with Crippen LogP contribution in [0.25, 0.3) is 0 Å². The van der Waals surface area contributed by atoms with Crippen LogP contribution in [0.1, 0.15) is 37.4 Å². The van der Waals surface area contributed by atoms with Crippen LogP contribution in [0.15, 0.2) is 6.07 Å². The van der Waals surface area contributed by atoms with E-state index in [2.05, 4.69) is 14.9 Å². The first-order valence-corrected chi connectivity index (χ1v) is 7.67. The van der Waals surface area contributed by atoms with Crippen molar-refractivity contribution in [3.05, 3.63) is 17.0 Å². The van der Waals surface area contributed by atoms with Gasteiger partial charge in [0.1, 0.15) is 16.8 Å². The maximum atomic E-state index is 11.7. The minimum atomic E-state index is 0.300. The Labute approximate surface area is 122 Å². The summed E-state index contributed by atoms with van der Waals surface area (Å²) in [7, 11) is 0. The molecule has 0 radical (unpaired) electrons. The molecule has 106 valence electrons. The number of amides is 1. The Hall–Kier alpha value is -1.36. The minimum Gasteiger partial charge on any atom is -0.353 e. The van der Waals surface area contributed by atoms with Crippen LogP contribution in [0.3, 0.4) is 0 Å². The van der Waals surface area contributed by atoms with Gasteiger partial charge in [0, 0.05) is 44.1 Å². The third-order valence-corrected chi connectivity index (χ3v) is 4.65. The molecular weight excluding hydrogens is 276 g/mol. The third-order valence-electron chi connectivity index (χ3n) is 4.46. The molecule has 3 fully saturated rings. The lowest BCUT2D eigenvalue weighted by Crippen LogP contribution is -2.51. The normalized spacial score (nSPS) is 26.1. The molecular formula is C14H17ClN4O. The number of fused-ring (bicyclic) bond motifs is 1. The highest BCUT2D eigenvalue weighted by Gasteiger charge is 2.36. The predicted molar refractivity (Wildman–Crippen MR) is 76.0 cm³/mol. The van der Waals surface area contributed by atoms with Gasteiger partial charge in [-0.25, -0.2) is 9.97 Å². The molecule has 1 unspecified atom stereocenters. The summed E-state index contributed by atoms with van der Waals surface area (Å²) in [6.07, 6.45) is 4.00. The lowest BCUT2D eigenvalue weighted by Gasteiger charge is -2.38. The summed E-state index contributed by atoms with van der Waals surface area (Å²) in [5, 5.41) is 0.529. The molecule has 0 aromatic carbocycles. The molecule has 3 heterocycles. The van der Waals surface area contributed by atoms with E-state index in [1.165, 1.54) is 12.8 Å². The van der Waals surface area contributed by atoms with Gasteiger partial charge in [-0.1, -0.05) is 11.6 Å². The van der Waals surface area contributed by atoms with Gasteiger partial charge in [-0.3, -0.25) is 4.79 Å². The van der Waals surface area contributed by atoms with E-state index >= 15 is 0 Å². The maximum absolute atomic E-state index is 11.7. The molecule has 2 saturated heterocycles. The summed E-state index contributed by atoms with van der Waals surface area (Å²) in [5.74, 6) is 2.61. The van der Waals surface area contributed by atoms with Crippen LogP contribution in [-0.2, 0) is 4.79 Å². The second-order valence-electron chi connectivity index (χ2n) is 5.91. The SMILES string of the molecule is O=C1CCC2CN(c3cc(Cl)nc(C4CC4)n3)CCN12. The van der Waals surface area contributed by atoms with Gasteiger partial charge in [0.15, 0.2) is 0 Å². The van der Waals surface area contributed by atoms with Crippen molar-refractivity contribution in [2.45, 2.75) is 37.6 Å². The highest BCUT2D eigenvalue weighted by atomic mass is 35.5. The van der Waals surface area contributed by atoms with Gasteiger partial charge in [0.25, 0.3) is 0 Å². The van der Waals surface area contributed by atoms with Crippen LogP contribution in [-0.4, -0.2) is 46.5 Å². The van der Waals surface area contributed by atoms with Gasteiger partial charge in [0.05, 0.1) is 0 Å². The average molecular weight is 293 g/mol. The largest absolute Gasteiger partial charge is 0.353 e. The van der Waals surface area contributed by atoms with E-state index < -0.39 is 0 Å². The van der Waals surface area contributed by atoms with Crippen LogP contribution in [0.4, 0.5) is 5.82 Å². The number of hydrogen-bond donors (Lipinski definition) is 0. The monoisotopic (exact) mass is 292 g/mol. The molecule has 0 bridgehead atoms. The standard InChI is InChI=1S/C14H17ClN4O/c15-11-7-12(17-14(16-11)9-1-2-9)18-5-6-19-10(8-18)3-4-13(19)20/h7,9-10H,1-6,8H2. The number of nitrogens with zero attached hydrogens (tertiary/aromatic N) is 4. The number of rotatable bonds is 2. The molecule has 1 atom stereocenters. The van der Waals surface area contributed by atoms with Crippen molar-refractivity contribution in [1.29, 1.82) is 0 Å². The molecule has 0 N–H and O–H groups in total. The topological polar surface area (TPSA) is 49.3 Å². The first-order valence-electron chi connectivity index (χ1n) is 7.29. The van der Waals surface area contributed by atoms with E-state index in [-0.39, 0.29) is 0 Å². The van der Waals surface area contributed by atoms with Gasteiger partial charge in [0.2, 0.25) is 5.91 Å². The van der Waals surface area contributed by atoms with Gasteiger partial charge in [-0.2, -0.15) is 0 Å². The zero-order chi connectivity index (χ0) is 13.7. The number of aromatic nitrogens is 2. The smallest absolute Gasteiger partial charge is 0.223 e. The molecule has 3 aliphatic rings. The van der Waals surface area contributed by atoms with E-state index in [0.29, 0.717) is 29.4 Å². The van der Waals surface area contributed by atoms with Gasteiger partial charge < -0.3 is 9.80 Å². The fourth-order valence-corrected chi connectivity index (χ4v) is 3.37. The highest BCUT2D eigenvalue weighted by molar-refractivity contribution is 6.29. The molecule has 4 rings (SSSR count). The highest BCUT2D eigenvalue weighted by Crippen LogP contribution is 2.39. The molecule has 0 spiro atoms. The lowest BCUT2D eigenvalue weighted by atomic mass is 10.1. The maximum Gasteiger partial charge on any atom is 0.223 e. The van der Waals surface area contributed by atoms with Crippen LogP contribution in [0.5, 0.6) is 0 Å². The first kappa shape index (κ1) is 12.4. The van der Waals surface area contributed by atoms with Crippen molar-refractivity contribution < 1.29 is 4.79 Å². The molecule has 5 nitrogen and oxygen atoms in total. The molecule has 1 aromatic rings. The van der Waals surface area contributed by atoms with E-state index in [4.69, 9.17) is 11.6 Å². The summed E-state index contributed by atoms with van der Waals surface area (Å²) >= 11 is 6.13. The van der Waals surface area contributed by atoms with Gasteiger partial charge in [-0.15, -0.1) is 0 Å². The van der Waals surface area contributed by atoms with E-state index in [1.54, 1.807) is 0 Å². The Kier molecular flexibility index (Phi) is 2.84. The zero-order valence-electron chi connectivity index (χ0n) is 11.3. The Morgan fingerprint density at radius 2 is 2.05 bits per heavy atom. The number of halogens is 1. The molecule has 2 aliphatic heterocycles. The first-order chi connectivity index (χ1) is 9.70. The predicted octanol–water partition coefficient (Wildman–Crippen LogP) is 1.82. The summed E-state index contributed by atoms with van der Waals surface area (Å²) in [6.45, 7) is 2.49. The van der Waals surface area contributed by atoms with Crippen molar-refractivity contribution in [2.75, 3.05) is 24.5 Å². The molecule has 6 heteroatoms. The van der Waals surface area contributed by atoms with Crippen LogP contribution < -0.4 is 4.90 Å². The van der Waals surface area contributed by atoms with E-state index in [0.717, 1.165) is 37.7 Å². The lowest BCUT2D eigenvalue weighted by molar-refractivity contribution is -0.129. The summed E-state index contributed by atoms with van der Waals surface area (Å²) in [4.78, 5) is 25.0. The fraction of sp³-hybridized carbons (Fsp3) is 0.643. The number of anilines is 1. The summed E-state index contributed by atoms with van der Waals surface area (Å²) in [5.41, 5.74) is 0. The summed E-state index contributed by atoms with van der Waals surface area (Å²) < 4.78 is 0. The van der Waals surface area contributed by atoms with Gasteiger partial charge >= 0.3 is 0 Å². The minimum absolute atomic E-state index is 0.300. The number of carbonyl (C=O) groups excluding carboxylic acids is 1. The Morgan fingerprint density at radius 3 is 2.85 bits per heavy atom. The van der Waals surface area contributed by atoms with Crippen LogP contribution >= 0.6 is 11.6 Å². The van der Waals surface area contributed by atoms with Crippen molar-refractivity contribution in [3.8, 4) is 0 Å². The molecule has 1 aromatic heterocycles. The Balaban J connectivity index is 1.57. The Morgan fingerprint density at radius 1 is 1.20 bits per heavy atom. The molecule has 1 amide bonds. The second kappa shape index (κ2) is 4.58. The number of hydrogen-bond acceptors (Lipinski definition) is 4. The van der Waals surface area contributed by atoms with E-state index in [9.17, 15) is 4.79 Å². The molecule has 1 aliphatic carbocycles. The van der Waals surface area contributed by atoms with Crippen LogP contribution in [0, 0.1) is 0 Å². The number of carbonyl (C=O) groups is 1. The molecule has 20 heavy (non-hydrogen) atoms.